The molecule has 4 rings (SSSR count). The lowest BCUT2D eigenvalue weighted by Crippen LogP contribution is -2.18. The number of ether oxygens (including phenoxy) is 2. The number of aryl methyl sites for hydroxylation is 3. The van der Waals surface area contributed by atoms with E-state index in [1.165, 1.54) is 5.56 Å². The predicted octanol–water partition coefficient (Wildman–Crippen LogP) is 5.02. The van der Waals surface area contributed by atoms with Crippen LogP contribution in [0.2, 0.25) is 0 Å². The van der Waals surface area contributed by atoms with E-state index >= 15 is 0 Å². The van der Waals surface area contributed by atoms with Crippen LogP contribution in [0.3, 0.4) is 0 Å². The molecule has 1 N–H and O–H groups in total. The number of nitrogens with zero attached hydrogens (tertiary/aromatic N) is 3. The number of amides is 1. The molecule has 33 heavy (non-hydrogen) atoms. The molecule has 4 aromatic rings. The molecule has 0 saturated carbocycles. The SMILES string of the molecule is CCc1ccc(OCCC(=O)Nc2cc(C)nn2-c2cc(C)c3cccc(OC)c3n2)cc1. The zero-order chi connectivity index (χ0) is 23.4. The maximum atomic E-state index is 12.6. The monoisotopic (exact) mass is 444 g/mol. The number of aromatic nitrogens is 3. The van der Waals surface area contributed by atoms with E-state index in [0.717, 1.165) is 34.3 Å². The summed E-state index contributed by atoms with van der Waals surface area (Å²) >= 11 is 0. The molecule has 0 bridgehead atoms. The second-order valence-corrected chi connectivity index (χ2v) is 7.88. The van der Waals surface area contributed by atoms with Crippen LogP contribution in [0.5, 0.6) is 11.5 Å². The Bertz CT molecular complexity index is 1280. The molecule has 0 saturated heterocycles. The van der Waals surface area contributed by atoms with Gasteiger partial charge in [-0.15, -0.1) is 0 Å². The number of hydrogen-bond donors (Lipinski definition) is 1. The van der Waals surface area contributed by atoms with Crippen molar-refractivity contribution in [3.05, 3.63) is 71.4 Å². The summed E-state index contributed by atoms with van der Waals surface area (Å²) in [6, 6.07) is 17.5. The van der Waals surface area contributed by atoms with E-state index in [0.29, 0.717) is 17.4 Å². The average Bonchev–Trinajstić information content (AvgIpc) is 3.18. The van der Waals surface area contributed by atoms with E-state index < -0.39 is 0 Å². The van der Waals surface area contributed by atoms with E-state index in [9.17, 15) is 4.79 Å². The molecular weight excluding hydrogens is 416 g/mol. The normalized spacial score (nSPS) is 10.9. The lowest BCUT2D eigenvalue weighted by Gasteiger charge is -2.12. The minimum absolute atomic E-state index is 0.156. The Morgan fingerprint density at radius 1 is 1.09 bits per heavy atom. The number of benzene rings is 2. The van der Waals surface area contributed by atoms with E-state index in [-0.39, 0.29) is 18.9 Å². The third-order valence-corrected chi connectivity index (χ3v) is 5.46. The third kappa shape index (κ3) is 4.98. The highest BCUT2D eigenvalue weighted by molar-refractivity contribution is 5.91. The van der Waals surface area contributed by atoms with Crippen molar-refractivity contribution >= 4 is 22.6 Å². The standard InChI is InChI=1S/C26H28N4O3/c1-5-19-9-11-20(12-10-19)33-14-13-25(31)27-24-16-18(3)29-30(24)23-15-17(2)21-7-6-8-22(32-4)26(21)28-23/h6-12,15-16H,5,13-14H2,1-4H3,(H,27,31). The van der Waals surface area contributed by atoms with Gasteiger partial charge in [-0.2, -0.15) is 9.78 Å². The summed E-state index contributed by atoms with van der Waals surface area (Å²) in [5.41, 5.74) is 3.82. The first-order valence-corrected chi connectivity index (χ1v) is 11.0. The molecule has 0 atom stereocenters. The molecule has 2 aromatic carbocycles. The van der Waals surface area contributed by atoms with Crippen LogP contribution in [0.1, 0.15) is 30.2 Å². The Morgan fingerprint density at radius 3 is 2.61 bits per heavy atom. The smallest absolute Gasteiger partial charge is 0.228 e. The van der Waals surface area contributed by atoms with Gasteiger partial charge < -0.3 is 14.8 Å². The molecule has 7 heteroatoms. The van der Waals surface area contributed by atoms with Crippen LogP contribution in [0.15, 0.2) is 54.6 Å². The number of para-hydroxylation sites is 1. The Kier molecular flexibility index (Phi) is 6.58. The topological polar surface area (TPSA) is 78.3 Å². The van der Waals surface area contributed by atoms with Crippen molar-refractivity contribution in [3.63, 3.8) is 0 Å². The van der Waals surface area contributed by atoms with Crippen molar-refractivity contribution in [2.75, 3.05) is 19.0 Å². The molecular formula is C26H28N4O3. The van der Waals surface area contributed by atoms with Crippen molar-refractivity contribution in [3.8, 4) is 17.3 Å². The quantitative estimate of drug-likeness (QED) is 0.413. The fourth-order valence-corrected chi connectivity index (χ4v) is 3.70. The maximum Gasteiger partial charge on any atom is 0.228 e. The van der Waals surface area contributed by atoms with Gasteiger partial charge in [-0.3, -0.25) is 4.79 Å². The molecule has 0 unspecified atom stereocenters. The summed E-state index contributed by atoms with van der Waals surface area (Å²) in [6.45, 7) is 6.29. The van der Waals surface area contributed by atoms with Crippen LogP contribution in [-0.4, -0.2) is 34.4 Å². The van der Waals surface area contributed by atoms with Crippen LogP contribution in [-0.2, 0) is 11.2 Å². The van der Waals surface area contributed by atoms with Gasteiger partial charge in [0.05, 0.1) is 25.8 Å². The van der Waals surface area contributed by atoms with Crippen LogP contribution >= 0.6 is 0 Å². The lowest BCUT2D eigenvalue weighted by atomic mass is 10.1. The Labute approximate surface area is 193 Å². The summed E-state index contributed by atoms with van der Waals surface area (Å²) in [4.78, 5) is 17.4. The summed E-state index contributed by atoms with van der Waals surface area (Å²) in [5, 5.41) is 8.50. The van der Waals surface area contributed by atoms with Gasteiger partial charge in [-0.05, 0) is 55.7 Å². The van der Waals surface area contributed by atoms with Crippen molar-refractivity contribution in [2.45, 2.75) is 33.6 Å². The van der Waals surface area contributed by atoms with Gasteiger partial charge in [0.1, 0.15) is 22.8 Å². The minimum Gasteiger partial charge on any atom is -0.494 e. The summed E-state index contributed by atoms with van der Waals surface area (Å²) in [5.74, 6) is 2.46. The Morgan fingerprint density at radius 2 is 1.88 bits per heavy atom. The molecule has 0 fully saturated rings. The number of fused-ring (bicyclic) bond motifs is 1. The van der Waals surface area contributed by atoms with E-state index in [1.807, 2.05) is 68.4 Å². The molecule has 2 heterocycles. The third-order valence-electron chi connectivity index (χ3n) is 5.46. The molecule has 0 spiro atoms. The highest BCUT2D eigenvalue weighted by atomic mass is 16.5. The number of methoxy groups -OCH3 is 1. The van der Waals surface area contributed by atoms with Crippen LogP contribution in [0.4, 0.5) is 5.82 Å². The molecule has 1 amide bonds. The molecule has 0 aliphatic carbocycles. The van der Waals surface area contributed by atoms with Gasteiger partial charge in [0, 0.05) is 11.5 Å². The highest BCUT2D eigenvalue weighted by Gasteiger charge is 2.15. The minimum atomic E-state index is -0.156. The number of pyridine rings is 1. The van der Waals surface area contributed by atoms with Gasteiger partial charge >= 0.3 is 0 Å². The van der Waals surface area contributed by atoms with Crippen LogP contribution in [0, 0.1) is 13.8 Å². The average molecular weight is 445 g/mol. The zero-order valence-electron chi connectivity index (χ0n) is 19.4. The fraction of sp³-hybridized carbons (Fsp3) is 0.269. The van der Waals surface area contributed by atoms with Gasteiger partial charge in [-0.25, -0.2) is 4.98 Å². The lowest BCUT2D eigenvalue weighted by molar-refractivity contribution is -0.116. The number of anilines is 1. The second-order valence-electron chi connectivity index (χ2n) is 7.88. The van der Waals surface area contributed by atoms with Crippen molar-refractivity contribution in [2.24, 2.45) is 0 Å². The van der Waals surface area contributed by atoms with Crippen molar-refractivity contribution in [1.29, 1.82) is 0 Å². The predicted molar refractivity (Wildman–Crippen MR) is 129 cm³/mol. The zero-order valence-corrected chi connectivity index (χ0v) is 19.4. The molecule has 0 radical (unpaired) electrons. The van der Waals surface area contributed by atoms with Crippen molar-refractivity contribution < 1.29 is 14.3 Å². The van der Waals surface area contributed by atoms with Gasteiger partial charge in [-0.1, -0.05) is 31.2 Å². The number of rotatable bonds is 8. The highest BCUT2D eigenvalue weighted by Crippen LogP contribution is 2.28. The fourth-order valence-electron chi connectivity index (χ4n) is 3.70. The van der Waals surface area contributed by atoms with Crippen molar-refractivity contribution in [1.82, 2.24) is 14.8 Å². The summed E-state index contributed by atoms with van der Waals surface area (Å²) < 4.78 is 12.9. The maximum absolute atomic E-state index is 12.6. The summed E-state index contributed by atoms with van der Waals surface area (Å²) in [7, 11) is 1.63. The summed E-state index contributed by atoms with van der Waals surface area (Å²) in [6.07, 6.45) is 1.20. The van der Waals surface area contributed by atoms with E-state index in [4.69, 9.17) is 14.5 Å². The van der Waals surface area contributed by atoms with E-state index in [2.05, 4.69) is 17.3 Å². The number of carbonyl (C=O) groups excluding carboxylic acids is 1. The second kappa shape index (κ2) is 9.73. The van der Waals surface area contributed by atoms with E-state index in [1.54, 1.807) is 11.8 Å². The first-order chi connectivity index (χ1) is 16.0. The molecule has 0 aliphatic rings. The molecule has 2 aromatic heterocycles. The Balaban J connectivity index is 1.50. The molecule has 0 aliphatic heterocycles. The first kappa shape index (κ1) is 22.3. The molecule has 170 valence electrons. The van der Waals surface area contributed by atoms with Crippen LogP contribution < -0.4 is 14.8 Å². The van der Waals surface area contributed by atoms with Gasteiger partial charge in [0.2, 0.25) is 5.91 Å². The van der Waals surface area contributed by atoms with Gasteiger partial charge in [0.25, 0.3) is 0 Å². The Hall–Kier alpha value is -3.87. The first-order valence-electron chi connectivity index (χ1n) is 11.0. The molecule has 7 nitrogen and oxygen atoms in total. The van der Waals surface area contributed by atoms with Crippen LogP contribution in [0.25, 0.3) is 16.7 Å². The number of carbonyl (C=O) groups is 1. The van der Waals surface area contributed by atoms with Gasteiger partial charge in [0.15, 0.2) is 5.82 Å². The largest absolute Gasteiger partial charge is 0.494 e. The number of nitrogens with one attached hydrogen (secondary N) is 1. The number of hydrogen-bond acceptors (Lipinski definition) is 5.